The number of hydrogen-bond acceptors (Lipinski definition) is 6. The second kappa shape index (κ2) is 8.78. The van der Waals surface area contributed by atoms with Gasteiger partial charge in [-0.25, -0.2) is 9.59 Å². The fourth-order valence-corrected chi connectivity index (χ4v) is 3.53. The smallest absolute Gasteiger partial charge is 0.349 e. The van der Waals surface area contributed by atoms with Gasteiger partial charge in [-0.15, -0.1) is 0 Å². The first-order chi connectivity index (χ1) is 15.5. The van der Waals surface area contributed by atoms with Crippen molar-refractivity contribution in [3.05, 3.63) is 93.9 Å². The average molecular weight is 424 g/mol. The number of ether oxygens (including phenoxy) is 1. The van der Waals surface area contributed by atoms with Crippen molar-refractivity contribution >= 4 is 39.5 Å². The summed E-state index contributed by atoms with van der Waals surface area (Å²) in [6.07, 6.45) is 1.48. The van der Waals surface area contributed by atoms with E-state index >= 15 is 0 Å². The van der Waals surface area contributed by atoms with Crippen LogP contribution in [0, 0.1) is 11.3 Å². The molecule has 0 bridgehead atoms. The molecule has 158 valence electrons. The highest BCUT2D eigenvalue weighted by Crippen LogP contribution is 2.28. The first kappa shape index (κ1) is 20.9. The van der Waals surface area contributed by atoms with Crippen molar-refractivity contribution in [2.45, 2.75) is 6.61 Å². The van der Waals surface area contributed by atoms with Crippen LogP contribution in [0.3, 0.4) is 0 Å². The predicted molar refractivity (Wildman–Crippen MR) is 124 cm³/mol. The van der Waals surface area contributed by atoms with Gasteiger partial charge in [0.25, 0.3) is 0 Å². The number of benzene rings is 3. The standard InChI is InChI=1S/C26H20N2O4/c1-28(2)21-10-7-17(8-11-21)13-19(15-27)26(30)31-16-20-14-24(29)32-23-12-9-18-5-3-4-6-22(18)25(20)23/h3-14H,16H2,1-2H3. The van der Waals surface area contributed by atoms with E-state index in [0.29, 0.717) is 22.1 Å². The van der Waals surface area contributed by atoms with Gasteiger partial charge in [-0.1, -0.05) is 42.5 Å². The lowest BCUT2D eigenvalue weighted by molar-refractivity contribution is -0.139. The van der Waals surface area contributed by atoms with Gasteiger partial charge in [0.05, 0.1) is 0 Å². The van der Waals surface area contributed by atoms with Crippen LogP contribution < -0.4 is 10.5 Å². The molecule has 0 saturated heterocycles. The highest BCUT2D eigenvalue weighted by Gasteiger charge is 2.15. The van der Waals surface area contributed by atoms with E-state index in [1.807, 2.05) is 79.7 Å². The van der Waals surface area contributed by atoms with Gasteiger partial charge in [0.15, 0.2) is 0 Å². The number of anilines is 1. The van der Waals surface area contributed by atoms with Crippen molar-refractivity contribution in [3.63, 3.8) is 0 Å². The van der Waals surface area contributed by atoms with E-state index in [1.54, 1.807) is 6.07 Å². The Bertz CT molecular complexity index is 1440. The molecule has 0 aliphatic rings. The number of nitriles is 1. The highest BCUT2D eigenvalue weighted by molar-refractivity contribution is 6.07. The second-order valence-electron chi connectivity index (χ2n) is 7.48. The van der Waals surface area contributed by atoms with E-state index in [9.17, 15) is 14.9 Å². The molecule has 0 radical (unpaired) electrons. The normalized spacial score (nSPS) is 11.3. The molecule has 0 N–H and O–H groups in total. The van der Waals surface area contributed by atoms with E-state index in [2.05, 4.69) is 0 Å². The minimum Gasteiger partial charge on any atom is -0.457 e. The van der Waals surface area contributed by atoms with Crippen LogP contribution in [0.15, 0.2) is 81.5 Å². The summed E-state index contributed by atoms with van der Waals surface area (Å²) in [6.45, 7) is -0.159. The summed E-state index contributed by atoms with van der Waals surface area (Å²) in [5, 5.41) is 12.0. The molecule has 4 rings (SSSR count). The van der Waals surface area contributed by atoms with E-state index in [1.165, 1.54) is 12.1 Å². The third-order valence-electron chi connectivity index (χ3n) is 5.13. The molecule has 0 spiro atoms. The minimum absolute atomic E-state index is 0.125. The van der Waals surface area contributed by atoms with Gasteiger partial charge in [0, 0.05) is 36.8 Å². The average Bonchev–Trinajstić information content (AvgIpc) is 2.80. The monoisotopic (exact) mass is 424 g/mol. The summed E-state index contributed by atoms with van der Waals surface area (Å²) in [7, 11) is 3.86. The maximum atomic E-state index is 12.6. The first-order valence-electron chi connectivity index (χ1n) is 9.97. The number of esters is 1. The zero-order valence-electron chi connectivity index (χ0n) is 17.7. The molecule has 32 heavy (non-hydrogen) atoms. The van der Waals surface area contributed by atoms with Crippen molar-refractivity contribution in [2.24, 2.45) is 0 Å². The van der Waals surface area contributed by atoms with Crippen LogP contribution in [0.4, 0.5) is 5.69 Å². The van der Waals surface area contributed by atoms with Crippen molar-refractivity contribution in [3.8, 4) is 6.07 Å². The maximum absolute atomic E-state index is 12.6. The summed E-state index contributed by atoms with van der Waals surface area (Å²) < 4.78 is 10.7. The number of rotatable bonds is 5. The molecule has 0 aliphatic carbocycles. The lowest BCUT2D eigenvalue weighted by atomic mass is 10.0. The topological polar surface area (TPSA) is 83.5 Å². The molecular formula is C26H20N2O4. The molecule has 6 nitrogen and oxygen atoms in total. The Balaban J connectivity index is 1.62. The van der Waals surface area contributed by atoms with Crippen LogP contribution in [0.1, 0.15) is 11.1 Å². The van der Waals surface area contributed by atoms with Gasteiger partial charge in [-0.2, -0.15) is 5.26 Å². The third-order valence-corrected chi connectivity index (χ3v) is 5.13. The Morgan fingerprint density at radius 1 is 1.09 bits per heavy atom. The predicted octanol–water partition coefficient (Wildman–Crippen LogP) is 4.66. The number of fused-ring (bicyclic) bond motifs is 3. The molecule has 0 unspecified atom stereocenters. The van der Waals surface area contributed by atoms with Crippen LogP contribution in [-0.4, -0.2) is 20.1 Å². The van der Waals surface area contributed by atoms with Gasteiger partial charge in [-0.3, -0.25) is 0 Å². The van der Waals surface area contributed by atoms with Crippen LogP contribution in [0.5, 0.6) is 0 Å². The summed E-state index contributed by atoms with van der Waals surface area (Å²) in [4.78, 5) is 26.6. The minimum atomic E-state index is -0.759. The van der Waals surface area contributed by atoms with Gasteiger partial charge >= 0.3 is 11.6 Å². The Morgan fingerprint density at radius 3 is 2.56 bits per heavy atom. The molecule has 0 fully saturated rings. The lowest BCUT2D eigenvalue weighted by Crippen LogP contribution is -2.09. The van der Waals surface area contributed by atoms with E-state index in [0.717, 1.165) is 16.5 Å². The van der Waals surface area contributed by atoms with Gasteiger partial charge < -0.3 is 14.1 Å². The van der Waals surface area contributed by atoms with E-state index in [-0.39, 0.29) is 12.2 Å². The van der Waals surface area contributed by atoms with Crippen molar-refractivity contribution in [2.75, 3.05) is 19.0 Å². The van der Waals surface area contributed by atoms with E-state index in [4.69, 9.17) is 9.15 Å². The van der Waals surface area contributed by atoms with Gasteiger partial charge in [0.2, 0.25) is 0 Å². The molecule has 6 heteroatoms. The van der Waals surface area contributed by atoms with Crippen LogP contribution in [-0.2, 0) is 16.1 Å². The third kappa shape index (κ3) is 4.23. The number of nitrogens with zero attached hydrogens (tertiary/aromatic N) is 2. The number of carbonyl (C=O) groups excluding carboxylic acids is 1. The Morgan fingerprint density at radius 2 is 1.84 bits per heavy atom. The highest BCUT2D eigenvalue weighted by atomic mass is 16.5. The first-order valence-corrected chi connectivity index (χ1v) is 9.97. The summed E-state index contributed by atoms with van der Waals surface area (Å²) >= 11 is 0. The zero-order valence-corrected chi connectivity index (χ0v) is 17.7. The molecule has 3 aromatic carbocycles. The van der Waals surface area contributed by atoms with Crippen LogP contribution >= 0.6 is 0 Å². The van der Waals surface area contributed by atoms with Gasteiger partial charge in [0.1, 0.15) is 23.8 Å². The Kier molecular flexibility index (Phi) is 5.73. The molecule has 1 heterocycles. The summed E-state index contributed by atoms with van der Waals surface area (Å²) in [5.74, 6) is -0.759. The molecular weight excluding hydrogens is 404 g/mol. The Labute approximate surface area is 184 Å². The lowest BCUT2D eigenvalue weighted by Gasteiger charge is -2.12. The second-order valence-corrected chi connectivity index (χ2v) is 7.48. The molecule has 4 aromatic rings. The quantitative estimate of drug-likeness (QED) is 0.152. The van der Waals surface area contributed by atoms with Gasteiger partial charge in [-0.05, 0) is 40.6 Å². The fraction of sp³-hybridized carbons (Fsp3) is 0.115. The summed E-state index contributed by atoms with van der Waals surface area (Å²) in [5.41, 5.74) is 2.00. The molecule has 0 atom stereocenters. The van der Waals surface area contributed by atoms with Crippen LogP contribution in [0.25, 0.3) is 27.8 Å². The largest absolute Gasteiger partial charge is 0.457 e. The number of carbonyl (C=O) groups is 1. The molecule has 0 saturated carbocycles. The SMILES string of the molecule is CN(C)c1ccc(C=C(C#N)C(=O)OCc2cc(=O)oc3ccc4ccccc4c23)cc1. The summed E-state index contributed by atoms with van der Waals surface area (Å²) in [6, 6.07) is 21.9. The fourth-order valence-electron chi connectivity index (χ4n) is 3.53. The molecule has 0 aliphatic heterocycles. The van der Waals surface area contributed by atoms with E-state index < -0.39 is 11.6 Å². The number of hydrogen-bond donors (Lipinski definition) is 0. The maximum Gasteiger partial charge on any atom is 0.349 e. The van der Waals surface area contributed by atoms with Crippen molar-refractivity contribution in [1.82, 2.24) is 0 Å². The molecule has 0 amide bonds. The Hall–Kier alpha value is -4.37. The van der Waals surface area contributed by atoms with Crippen LogP contribution in [0.2, 0.25) is 0 Å². The zero-order chi connectivity index (χ0) is 22.7. The van der Waals surface area contributed by atoms with Crippen molar-refractivity contribution < 1.29 is 13.9 Å². The molecule has 1 aromatic heterocycles. The van der Waals surface area contributed by atoms with Crippen molar-refractivity contribution in [1.29, 1.82) is 5.26 Å².